The van der Waals surface area contributed by atoms with E-state index in [9.17, 15) is 4.79 Å². The molecule has 1 aliphatic heterocycles. The van der Waals surface area contributed by atoms with Gasteiger partial charge in [0.1, 0.15) is 13.3 Å². The summed E-state index contributed by atoms with van der Waals surface area (Å²) in [7, 11) is 0. The second-order valence-corrected chi connectivity index (χ2v) is 7.75. The third kappa shape index (κ3) is 3.03. The predicted octanol–water partition coefficient (Wildman–Crippen LogP) is 2.40. The van der Waals surface area contributed by atoms with E-state index in [0.29, 0.717) is 13.3 Å². The maximum absolute atomic E-state index is 12.7. The van der Waals surface area contributed by atoms with Crippen LogP contribution in [0.5, 0.6) is 0 Å². The number of rotatable bonds is 2. The van der Waals surface area contributed by atoms with E-state index in [1.54, 1.807) is 4.57 Å². The molecule has 0 N–H and O–H groups in total. The molecule has 0 saturated heterocycles. The summed E-state index contributed by atoms with van der Waals surface area (Å²) in [5.41, 5.74) is 2.14. The van der Waals surface area contributed by atoms with Crippen molar-refractivity contribution in [1.29, 1.82) is 0 Å². The van der Waals surface area contributed by atoms with Crippen molar-refractivity contribution < 1.29 is 0 Å². The van der Waals surface area contributed by atoms with E-state index < -0.39 is 0 Å². The van der Waals surface area contributed by atoms with Gasteiger partial charge >= 0.3 is 0 Å². The molecule has 0 aliphatic carbocycles. The van der Waals surface area contributed by atoms with Crippen molar-refractivity contribution >= 4 is 45.7 Å². The molecule has 0 amide bonds. The van der Waals surface area contributed by atoms with Gasteiger partial charge in [0.2, 0.25) is 0 Å². The molecule has 0 bridgehead atoms. The first-order valence-corrected chi connectivity index (χ1v) is 9.42. The molecule has 4 nitrogen and oxygen atoms in total. The van der Waals surface area contributed by atoms with Gasteiger partial charge in [-0.25, -0.2) is 4.99 Å². The van der Waals surface area contributed by atoms with Crippen LogP contribution in [0.1, 0.15) is 5.56 Å². The molecule has 24 heavy (non-hydrogen) atoms. The summed E-state index contributed by atoms with van der Waals surface area (Å²) in [6, 6.07) is 18.2. The summed E-state index contributed by atoms with van der Waals surface area (Å²) in [6.45, 7) is 1.11. The Kier molecular flexibility index (Phi) is 4.24. The zero-order valence-corrected chi connectivity index (χ0v) is 15.7. The molecule has 0 radical (unpaired) electrons. The number of halogens is 1. The Bertz CT molecular complexity index is 1040. The van der Waals surface area contributed by atoms with Gasteiger partial charge in [-0.2, -0.15) is 0 Å². The second-order valence-electron chi connectivity index (χ2n) is 5.49. The molecule has 6 heteroatoms. The largest absolute Gasteiger partial charge is 0.334 e. The first kappa shape index (κ1) is 15.6. The SMILES string of the molecule is O=c1/c(=C/c2ccccc2)sc2n1CN(c1ccc(I)cc1)CN=2. The van der Waals surface area contributed by atoms with Crippen LogP contribution in [-0.4, -0.2) is 11.2 Å². The topological polar surface area (TPSA) is 37.6 Å². The highest BCUT2D eigenvalue weighted by Gasteiger charge is 2.15. The van der Waals surface area contributed by atoms with Crippen molar-refractivity contribution in [2.24, 2.45) is 4.99 Å². The average molecular weight is 447 g/mol. The van der Waals surface area contributed by atoms with Gasteiger partial charge in [-0.15, -0.1) is 0 Å². The molecule has 3 aromatic rings. The minimum atomic E-state index is 0.0258. The summed E-state index contributed by atoms with van der Waals surface area (Å²) in [6.07, 6.45) is 1.93. The molecule has 0 unspecified atom stereocenters. The molecule has 0 fully saturated rings. The van der Waals surface area contributed by atoms with Crippen molar-refractivity contribution in [3.05, 3.63) is 83.4 Å². The van der Waals surface area contributed by atoms with Crippen LogP contribution in [0.3, 0.4) is 0 Å². The lowest BCUT2D eigenvalue weighted by atomic mass is 10.2. The Morgan fingerprint density at radius 2 is 1.83 bits per heavy atom. The van der Waals surface area contributed by atoms with Crippen molar-refractivity contribution in [2.75, 3.05) is 11.6 Å². The van der Waals surface area contributed by atoms with Crippen molar-refractivity contribution in [3.8, 4) is 0 Å². The molecule has 2 heterocycles. The zero-order chi connectivity index (χ0) is 16.5. The third-order valence-corrected chi connectivity index (χ3v) is 5.63. The highest BCUT2D eigenvalue weighted by atomic mass is 127. The van der Waals surface area contributed by atoms with Crippen molar-refractivity contribution in [1.82, 2.24) is 4.57 Å². The van der Waals surface area contributed by atoms with Gasteiger partial charge in [-0.05, 0) is 58.5 Å². The van der Waals surface area contributed by atoms with Gasteiger partial charge in [-0.1, -0.05) is 41.7 Å². The highest BCUT2D eigenvalue weighted by Crippen LogP contribution is 2.17. The van der Waals surface area contributed by atoms with Gasteiger partial charge < -0.3 is 4.90 Å². The quantitative estimate of drug-likeness (QED) is 0.566. The van der Waals surface area contributed by atoms with Crippen molar-refractivity contribution in [3.63, 3.8) is 0 Å². The Morgan fingerprint density at radius 3 is 2.58 bits per heavy atom. The van der Waals surface area contributed by atoms with E-state index >= 15 is 0 Å². The number of anilines is 1. The molecule has 0 atom stereocenters. The summed E-state index contributed by atoms with van der Waals surface area (Å²) in [5, 5.41) is 0. The maximum atomic E-state index is 12.7. The van der Waals surface area contributed by atoms with E-state index in [4.69, 9.17) is 0 Å². The second kappa shape index (κ2) is 6.52. The number of benzene rings is 2. The van der Waals surface area contributed by atoms with E-state index in [-0.39, 0.29) is 5.56 Å². The van der Waals surface area contributed by atoms with Gasteiger partial charge in [0, 0.05) is 9.26 Å². The molecule has 0 saturated carbocycles. The Morgan fingerprint density at radius 1 is 1.08 bits per heavy atom. The fourth-order valence-electron chi connectivity index (χ4n) is 2.63. The van der Waals surface area contributed by atoms with E-state index in [1.807, 2.05) is 36.4 Å². The maximum Gasteiger partial charge on any atom is 0.271 e. The fourth-order valence-corrected chi connectivity index (χ4v) is 3.95. The van der Waals surface area contributed by atoms with E-state index in [2.05, 4.69) is 56.7 Å². The van der Waals surface area contributed by atoms with E-state index in [1.165, 1.54) is 14.9 Å². The highest BCUT2D eigenvalue weighted by molar-refractivity contribution is 14.1. The Labute approximate surface area is 156 Å². The monoisotopic (exact) mass is 447 g/mol. The molecule has 120 valence electrons. The van der Waals surface area contributed by atoms with Crippen LogP contribution in [0.15, 0.2) is 64.4 Å². The van der Waals surface area contributed by atoms with Gasteiger partial charge in [0.25, 0.3) is 5.56 Å². The van der Waals surface area contributed by atoms with E-state index in [0.717, 1.165) is 20.6 Å². The summed E-state index contributed by atoms with van der Waals surface area (Å²) < 4.78 is 3.67. The van der Waals surface area contributed by atoms with Crippen LogP contribution in [0.4, 0.5) is 5.69 Å². The lowest BCUT2D eigenvalue weighted by molar-refractivity contribution is 0.569. The number of aromatic nitrogens is 1. The fraction of sp³-hybridized carbons (Fsp3) is 0.111. The van der Waals surface area contributed by atoms with Crippen LogP contribution in [0, 0.1) is 3.57 Å². The molecule has 1 aliphatic rings. The van der Waals surface area contributed by atoms with Gasteiger partial charge in [0.15, 0.2) is 4.80 Å². The smallest absolute Gasteiger partial charge is 0.271 e. The number of hydrogen-bond acceptors (Lipinski definition) is 4. The first-order valence-electron chi connectivity index (χ1n) is 7.52. The molecular formula is C18H14IN3OS. The van der Waals surface area contributed by atoms with Gasteiger partial charge in [0.05, 0.1) is 4.53 Å². The van der Waals surface area contributed by atoms with Crippen LogP contribution < -0.4 is 19.8 Å². The minimum absolute atomic E-state index is 0.0258. The molecule has 0 spiro atoms. The zero-order valence-electron chi connectivity index (χ0n) is 12.7. The number of fused-ring (bicyclic) bond motifs is 1. The number of thiazole rings is 1. The summed E-state index contributed by atoms with van der Waals surface area (Å²) in [5.74, 6) is 0. The lowest BCUT2D eigenvalue weighted by Crippen LogP contribution is -2.42. The Balaban J connectivity index is 1.71. The Hall–Kier alpha value is -1.93. The van der Waals surface area contributed by atoms with Crippen molar-refractivity contribution in [2.45, 2.75) is 6.67 Å². The van der Waals surface area contributed by atoms with Crippen LogP contribution in [0.25, 0.3) is 6.08 Å². The van der Waals surface area contributed by atoms with Crippen LogP contribution in [-0.2, 0) is 6.67 Å². The first-order chi connectivity index (χ1) is 11.7. The summed E-state index contributed by atoms with van der Waals surface area (Å²) in [4.78, 5) is 20.2. The van der Waals surface area contributed by atoms with Crippen LogP contribution >= 0.6 is 33.9 Å². The minimum Gasteiger partial charge on any atom is -0.334 e. The molecular weight excluding hydrogens is 433 g/mol. The number of nitrogens with zero attached hydrogens (tertiary/aromatic N) is 3. The predicted molar refractivity (Wildman–Crippen MR) is 106 cm³/mol. The number of hydrogen-bond donors (Lipinski definition) is 0. The lowest BCUT2D eigenvalue weighted by Gasteiger charge is -2.25. The summed E-state index contributed by atoms with van der Waals surface area (Å²) >= 11 is 3.74. The van der Waals surface area contributed by atoms with Gasteiger partial charge in [-0.3, -0.25) is 9.36 Å². The average Bonchev–Trinajstić information content (AvgIpc) is 2.92. The van der Waals surface area contributed by atoms with Crippen LogP contribution in [0.2, 0.25) is 0 Å². The molecule has 1 aromatic heterocycles. The third-order valence-electron chi connectivity index (χ3n) is 3.87. The standard InChI is InChI=1S/C18H14IN3OS/c19-14-6-8-15(9-7-14)21-11-20-18-22(12-21)17(23)16(24-18)10-13-4-2-1-3-5-13/h1-10H,11-12H2/b16-10-. The normalized spacial score (nSPS) is 14.4. The molecule has 4 rings (SSSR count). The molecule has 2 aromatic carbocycles.